The predicted molar refractivity (Wildman–Crippen MR) is 84.5 cm³/mol. The fourth-order valence-electron chi connectivity index (χ4n) is 4.18. The lowest BCUT2D eigenvalue weighted by Crippen LogP contribution is -2.35. The molecule has 0 bridgehead atoms. The van der Waals surface area contributed by atoms with E-state index in [2.05, 4.69) is 0 Å². The SMILES string of the molecule is COC(=O)CC1(CC(=O)N2CCC[C@@H]2c2ccco2)CCCC1. The monoisotopic (exact) mass is 319 g/mol. The molecule has 1 saturated carbocycles. The molecule has 1 amide bonds. The van der Waals surface area contributed by atoms with Gasteiger partial charge >= 0.3 is 5.97 Å². The minimum atomic E-state index is -0.208. The van der Waals surface area contributed by atoms with E-state index in [1.54, 1.807) is 6.26 Å². The smallest absolute Gasteiger partial charge is 0.306 e. The lowest BCUT2D eigenvalue weighted by atomic mass is 9.79. The summed E-state index contributed by atoms with van der Waals surface area (Å²) in [6, 6.07) is 3.86. The Bertz CT molecular complexity index is 545. The summed E-state index contributed by atoms with van der Waals surface area (Å²) in [6.07, 6.45) is 8.46. The summed E-state index contributed by atoms with van der Waals surface area (Å²) in [5.41, 5.74) is -0.208. The van der Waals surface area contributed by atoms with E-state index in [1.807, 2.05) is 17.0 Å². The fraction of sp³-hybridized carbons (Fsp3) is 0.667. The van der Waals surface area contributed by atoms with Crippen molar-refractivity contribution in [3.8, 4) is 0 Å². The second-order valence-corrected chi connectivity index (χ2v) is 6.90. The molecule has 3 rings (SSSR count). The standard InChI is InChI=1S/C18H25NO4/c1-22-17(21)13-18(8-2-3-9-18)12-16(20)19-10-4-6-14(19)15-7-5-11-23-15/h5,7,11,14H,2-4,6,8-10,12-13H2,1H3/t14-/m1/s1. The average molecular weight is 319 g/mol. The molecule has 5 nitrogen and oxygen atoms in total. The zero-order chi connectivity index (χ0) is 16.3. The van der Waals surface area contributed by atoms with Gasteiger partial charge in [0.2, 0.25) is 5.91 Å². The van der Waals surface area contributed by atoms with E-state index in [9.17, 15) is 9.59 Å². The number of amides is 1. The van der Waals surface area contributed by atoms with E-state index in [-0.39, 0.29) is 23.3 Å². The van der Waals surface area contributed by atoms with Gasteiger partial charge in [-0.25, -0.2) is 0 Å². The molecular weight excluding hydrogens is 294 g/mol. The van der Waals surface area contributed by atoms with E-state index in [0.29, 0.717) is 12.8 Å². The van der Waals surface area contributed by atoms with Crippen molar-refractivity contribution in [3.63, 3.8) is 0 Å². The Kier molecular flexibility index (Phi) is 4.74. The van der Waals surface area contributed by atoms with Gasteiger partial charge in [0.25, 0.3) is 0 Å². The van der Waals surface area contributed by atoms with Crippen molar-refractivity contribution >= 4 is 11.9 Å². The largest absolute Gasteiger partial charge is 0.469 e. The topological polar surface area (TPSA) is 59.8 Å². The van der Waals surface area contributed by atoms with Gasteiger partial charge in [-0.2, -0.15) is 0 Å². The molecule has 1 saturated heterocycles. The second kappa shape index (κ2) is 6.77. The molecule has 0 N–H and O–H groups in total. The number of likely N-dealkylation sites (tertiary alicyclic amines) is 1. The van der Waals surface area contributed by atoms with Crippen molar-refractivity contribution in [1.29, 1.82) is 0 Å². The maximum atomic E-state index is 12.9. The maximum Gasteiger partial charge on any atom is 0.306 e. The van der Waals surface area contributed by atoms with E-state index in [4.69, 9.17) is 9.15 Å². The van der Waals surface area contributed by atoms with Gasteiger partial charge in [0, 0.05) is 13.0 Å². The van der Waals surface area contributed by atoms with Crippen LogP contribution in [-0.4, -0.2) is 30.4 Å². The highest BCUT2D eigenvalue weighted by atomic mass is 16.5. The van der Waals surface area contributed by atoms with Gasteiger partial charge < -0.3 is 14.1 Å². The van der Waals surface area contributed by atoms with Crippen molar-refractivity contribution in [2.45, 2.75) is 57.4 Å². The first kappa shape index (κ1) is 16.1. The molecule has 2 fully saturated rings. The molecule has 1 atom stereocenters. The van der Waals surface area contributed by atoms with E-state index < -0.39 is 0 Å². The summed E-state index contributed by atoms with van der Waals surface area (Å²) in [5, 5.41) is 0. The van der Waals surface area contributed by atoms with Crippen molar-refractivity contribution < 1.29 is 18.7 Å². The summed E-state index contributed by atoms with van der Waals surface area (Å²) < 4.78 is 10.4. The van der Waals surface area contributed by atoms with Gasteiger partial charge in [0.1, 0.15) is 5.76 Å². The quantitative estimate of drug-likeness (QED) is 0.780. The molecule has 1 aromatic rings. The Balaban J connectivity index is 1.70. The fourth-order valence-corrected chi connectivity index (χ4v) is 4.18. The number of nitrogens with zero attached hydrogens (tertiary/aromatic N) is 1. The minimum Gasteiger partial charge on any atom is -0.469 e. The van der Waals surface area contributed by atoms with Gasteiger partial charge in [-0.05, 0) is 43.2 Å². The number of methoxy groups -OCH3 is 1. The van der Waals surface area contributed by atoms with Crippen LogP contribution in [-0.2, 0) is 14.3 Å². The van der Waals surface area contributed by atoms with Crippen LogP contribution < -0.4 is 0 Å². The van der Waals surface area contributed by atoms with Crippen LogP contribution in [0, 0.1) is 5.41 Å². The first-order valence-corrected chi connectivity index (χ1v) is 8.53. The van der Waals surface area contributed by atoms with Gasteiger partial charge in [-0.1, -0.05) is 12.8 Å². The van der Waals surface area contributed by atoms with Crippen LogP contribution in [0.1, 0.15) is 63.2 Å². The molecule has 0 unspecified atom stereocenters. The normalized spacial score (nSPS) is 23.2. The van der Waals surface area contributed by atoms with Crippen LogP contribution in [0.15, 0.2) is 22.8 Å². The van der Waals surface area contributed by atoms with E-state index in [0.717, 1.165) is 50.8 Å². The number of hydrogen-bond donors (Lipinski definition) is 0. The summed E-state index contributed by atoms with van der Waals surface area (Å²) in [5.74, 6) is 0.808. The zero-order valence-corrected chi connectivity index (χ0v) is 13.8. The highest BCUT2D eigenvalue weighted by Gasteiger charge is 2.41. The molecule has 23 heavy (non-hydrogen) atoms. The Morgan fingerprint density at radius 1 is 1.30 bits per heavy atom. The second-order valence-electron chi connectivity index (χ2n) is 6.90. The number of carbonyl (C=O) groups excluding carboxylic acids is 2. The van der Waals surface area contributed by atoms with Crippen molar-refractivity contribution in [2.24, 2.45) is 5.41 Å². The lowest BCUT2D eigenvalue weighted by molar-refractivity contribution is -0.144. The Labute approximate surface area is 137 Å². The van der Waals surface area contributed by atoms with Gasteiger partial charge in [0.15, 0.2) is 0 Å². The van der Waals surface area contributed by atoms with E-state index >= 15 is 0 Å². The third-order valence-electron chi connectivity index (χ3n) is 5.38. The number of carbonyl (C=O) groups is 2. The lowest BCUT2D eigenvalue weighted by Gasteiger charge is -2.31. The molecule has 5 heteroatoms. The summed E-state index contributed by atoms with van der Waals surface area (Å²) in [6.45, 7) is 0.776. The number of furan rings is 1. The van der Waals surface area contributed by atoms with Crippen LogP contribution in [0.25, 0.3) is 0 Å². The minimum absolute atomic E-state index is 0.0501. The number of hydrogen-bond acceptors (Lipinski definition) is 4. The first-order valence-electron chi connectivity index (χ1n) is 8.53. The molecule has 2 aliphatic rings. The molecule has 2 heterocycles. The molecule has 1 aliphatic carbocycles. The predicted octanol–water partition coefficient (Wildman–Crippen LogP) is 3.46. The maximum absolute atomic E-state index is 12.9. The number of esters is 1. The molecule has 126 valence electrons. The Hall–Kier alpha value is -1.78. The Morgan fingerprint density at radius 2 is 2.09 bits per heavy atom. The van der Waals surface area contributed by atoms with Crippen molar-refractivity contribution in [2.75, 3.05) is 13.7 Å². The number of ether oxygens (including phenoxy) is 1. The van der Waals surface area contributed by atoms with Crippen LogP contribution in [0.2, 0.25) is 0 Å². The van der Waals surface area contributed by atoms with Gasteiger partial charge in [-0.3, -0.25) is 9.59 Å². The first-order chi connectivity index (χ1) is 11.1. The third kappa shape index (κ3) is 3.43. The number of rotatable bonds is 5. The van der Waals surface area contributed by atoms with Crippen molar-refractivity contribution in [1.82, 2.24) is 4.90 Å². The van der Waals surface area contributed by atoms with Crippen molar-refractivity contribution in [3.05, 3.63) is 24.2 Å². The third-order valence-corrected chi connectivity index (χ3v) is 5.38. The summed E-state index contributed by atoms with van der Waals surface area (Å²) >= 11 is 0. The molecule has 0 spiro atoms. The highest BCUT2D eigenvalue weighted by molar-refractivity contribution is 5.79. The summed E-state index contributed by atoms with van der Waals surface area (Å²) in [4.78, 5) is 26.6. The molecule has 0 radical (unpaired) electrons. The molecular formula is C18H25NO4. The highest BCUT2D eigenvalue weighted by Crippen LogP contribution is 2.45. The van der Waals surface area contributed by atoms with Crippen LogP contribution in [0.3, 0.4) is 0 Å². The Morgan fingerprint density at radius 3 is 2.74 bits per heavy atom. The van der Waals surface area contributed by atoms with Gasteiger partial charge in [-0.15, -0.1) is 0 Å². The zero-order valence-electron chi connectivity index (χ0n) is 13.8. The molecule has 0 aromatic carbocycles. The van der Waals surface area contributed by atoms with Crippen LogP contribution in [0.4, 0.5) is 0 Å². The summed E-state index contributed by atoms with van der Waals surface area (Å²) in [7, 11) is 1.42. The molecule has 1 aromatic heterocycles. The van der Waals surface area contributed by atoms with Gasteiger partial charge in [0.05, 0.1) is 25.8 Å². The van der Waals surface area contributed by atoms with Crippen LogP contribution >= 0.6 is 0 Å². The molecule has 1 aliphatic heterocycles. The van der Waals surface area contributed by atoms with Crippen LogP contribution in [0.5, 0.6) is 0 Å². The van der Waals surface area contributed by atoms with E-state index in [1.165, 1.54) is 7.11 Å². The average Bonchev–Trinajstić information content (AvgIpc) is 3.27.